The van der Waals surface area contributed by atoms with E-state index in [0.717, 1.165) is 0 Å². The Morgan fingerprint density at radius 3 is 2.58 bits per heavy atom. The summed E-state index contributed by atoms with van der Waals surface area (Å²) in [6, 6.07) is 4.67. The third kappa shape index (κ3) is 4.24. The predicted octanol–water partition coefficient (Wildman–Crippen LogP) is 1.12. The fourth-order valence-corrected chi connectivity index (χ4v) is 3.06. The SMILES string of the molecule is Cc1c(N)cccc1S(=O)(=O)CC(=O)NCC(C)C. The van der Waals surface area contributed by atoms with Gasteiger partial charge in [-0.1, -0.05) is 19.9 Å². The van der Waals surface area contributed by atoms with Gasteiger partial charge in [0, 0.05) is 12.2 Å². The van der Waals surface area contributed by atoms with Crippen molar-refractivity contribution < 1.29 is 13.2 Å². The fraction of sp³-hybridized carbons (Fsp3) is 0.462. The summed E-state index contributed by atoms with van der Waals surface area (Å²) in [6.07, 6.45) is 0. The molecule has 0 unspecified atom stereocenters. The van der Waals surface area contributed by atoms with Gasteiger partial charge in [0.25, 0.3) is 0 Å². The van der Waals surface area contributed by atoms with Gasteiger partial charge in [-0.05, 0) is 30.5 Å². The fourth-order valence-electron chi connectivity index (χ4n) is 1.59. The maximum atomic E-state index is 12.1. The summed E-state index contributed by atoms with van der Waals surface area (Å²) in [5.74, 6) is -0.763. The molecule has 0 aliphatic carbocycles. The molecule has 0 saturated carbocycles. The van der Waals surface area contributed by atoms with Crippen LogP contribution in [0.15, 0.2) is 23.1 Å². The first kappa shape index (κ1) is 15.5. The number of benzene rings is 1. The van der Waals surface area contributed by atoms with Crippen LogP contribution in [0.3, 0.4) is 0 Å². The zero-order valence-corrected chi connectivity index (χ0v) is 12.3. The second kappa shape index (κ2) is 6.06. The topological polar surface area (TPSA) is 89.3 Å². The normalized spacial score (nSPS) is 11.6. The predicted molar refractivity (Wildman–Crippen MR) is 75.5 cm³/mol. The molecule has 5 nitrogen and oxygen atoms in total. The van der Waals surface area contributed by atoms with E-state index in [2.05, 4.69) is 5.32 Å². The maximum Gasteiger partial charge on any atom is 0.235 e. The van der Waals surface area contributed by atoms with Gasteiger partial charge < -0.3 is 11.1 Å². The van der Waals surface area contributed by atoms with Gasteiger partial charge in [0.1, 0.15) is 5.75 Å². The van der Waals surface area contributed by atoms with Crippen molar-refractivity contribution in [2.75, 3.05) is 18.0 Å². The number of nitrogens with two attached hydrogens (primary N) is 1. The van der Waals surface area contributed by atoms with Crippen LogP contribution < -0.4 is 11.1 Å². The Hall–Kier alpha value is -1.56. The number of amides is 1. The first-order chi connectivity index (χ1) is 8.74. The zero-order valence-electron chi connectivity index (χ0n) is 11.4. The van der Waals surface area contributed by atoms with Gasteiger partial charge in [-0.2, -0.15) is 0 Å². The molecule has 6 heteroatoms. The highest BCUT2D eigenvalue weighted by molar-refractivity contribution is 7.92. The van der Waals surface area contributed by atoms with Crippen molar-refractivity contribution in [1.29, 1.82) is 0 Å². The Kier molecular flexibility index (Phi) is 4.94. The van der Waals surface area contributed by atoms with E-state index >= 15 is 0 Å². The average Bonchev–Trinajstić information content (AvgIpc) is 2.29. The lowest BCUT2D eigenvalue weighted by Gasteiger charge is -2.11. The van der Waals surface area contributed by atoms with Crippen LogP contribution in [0, 0.1) is 12.8 Å². The van der Waals surface area contributed by atoms with Crippen molar-refractivity contribution in [3.05, 3.63) is 23.8 Å². The number of nitrogen functional groups attached to an aromatic ring is 1. The highest BCUT2D eigenvalue weighted by atomic mass is 32.2. The van der Waals surface area contributed by atoms with Gasteiger partial charge in [-0.25, -0.2) is 8.42 Å². The largest absolute Gasteiger partial charge is 0.398 e. The number of anilines is 1. The monoisotopic (exact) mass is 284 g/mol. The van der Waals surface area contributed by atoms with Crippen molar-refractivity contribution in [2.45, 2.75) is 25.7 Å². The molecule has 3 N–H and O–H groups in total. The summed E-state index contributed by atoms with van der Waals surface area (Å²) in [7, 11) is -3.65. The van der Waals surface area contributed by atoms with E-state index in [-0.39, 0.29) is 10.8 Å². The maximum absolute atomic E-state index is 12.1. The summed E-state index contributed by atoms with van der Waals surface area (Å²) < 4.78 is 24.3. The van der Waals surface area contributed by atoms with Crippen LogP contribution in [0.1, 0.15) is 19.4 Å². The molecule has 0 fully saturated rings. The first-order valence-electron chi connectivity index (χ1n) is 6.08. The van der Waals surface area contributed by atoms with E-state index in [9.17, 15) is 13.2 Å². The molecule has 0 bridgehead atoms. The third-order valence-electron chi connectivity index (χ3n) is 2.69. The Morgan fingerprint density at radius 1 is 1.37 bits per heavy atom. The summed E-state index contributed by atoms with van der Waals surface area (Å²) >= 11 is 0. The Balaban J connectivity index is 2.87. The lowest BCUT2D eigenvalue weighted by atomic mass is 10.2. The first-order valence-corrected chi connectivity index (χ1v) is 7.74. The number of hydrogen-bond donors (Lipinski definition) is 2. The molecule has 1 aromatic rings. The highest BCUT2D eigenvalue weighted by Gasteiger charge is 2.21. The number of carbonyl (C=O) groups excluding carboxylic acids is 1. The van der Waals surface area contributed by atoms with Gasteiger partial charge in [0.15, 0.2) is 9.84 Å². The second-order valence-corrected chi connectivity index (χ2v) is 6.89. The zero-order chi connectivity index (χ0) is 14.6. The van der Waals surface area contributed by atoms with Gasteiger partial charge in [0.05, 0.1) is 4.90 Å². The molecule has 1 amide bonds. The van der Waals surface area contributed by atoms with E-state index in [4.69, 9.17) is 5.73 Å². The van der Waals surface area contributed by atoms with Gasteiger partial charge in [-0.15, -0.1) is 0 Å². The third-order valence-corrected chi connectivity index (χ3v) is 4.44. The molecule has 0 radical (unpaired) electrons. The molecule has 0 spiro atoms. The minimum Gasteiger partial charge on any atom is -0.398 e. The number of rotatable bonds is 5. The molecular formula is C13H20N2O3S. The molecule has 0 heterocycles. The Labute approximate surface area is 114 Å². The van der Waals surface area contributed by atoms with Crippen molar-refractivity contribution in [3.63, 3.8) is 0 Å². The summed E-state index contributed by atoms with van der Waals surface area (Å²) in [5.41, 5.74) is 6.57. The lowest BCUT2D eigenvalue weighted by molar-refractivity contribution is -0.118. The van der Waals surface area contributed by atoms with Crippen molar-refractivity contribution in [1.82, 2.24) is 5.32 Å². The van der Waals surface area contributed by atoms with Crippen LogP contribution in [-0.4, -0.2) is 26.6 Å². The van der Waals surface area contributed by atoms with E-state index < -0.39 is 21.5 Å². The van der Waals surface area contributed by atoms with E-state index in [1.54, 1.807) is 19.1 Å². The molecule has 1 rings (SSSR count). The van der Waals surface area contributed by atoms with Crippen LogP contribution in [0.5, 0.6) is 0 Å². The van der Waals surface area contributed by atoms with Gasteiger partial charge in [0.2, 0.25) is 5.91 Å². The molecule has 0 saturated heterocycles. The minimum atomic E-state index is -3.65. The van der Waals surface area contributed by atoms with Crippen molar-refractivity contribution in [3.8, 4) is 0 Å². The smallest absolute Gasteiger partial charge is 0.235 e. The molecule has 0 aliphatic rings. The van der Waals surface area contributed by atoms with Crippen LogP contribution >= 0.6 is 0 Å². The highest BCUT2D eigenvalue weighted by Crippen LogP contribution is 2.21. The van der Waals surface area contributed by atoms with Crippen molar-refractivity contribution in [2.24, 2.45) is 5.92 Å². The molecule has 0 atom stereocenters. The quantitative estimate of drug-likeness (QED) is 0.793. The molecule has 0 aliphatic heterocycles. The second-order valence-electron chi connectivity index (χ2n) is 4.93. The van der Waals surface area contributed by atoms with Gasteiger partial charge in [-0.3, -0.25) is 4.79 Å². The van der Waals surface area contributed by atoms with Crippen LogP contribution in [0.4, 0.5) is 5.69 Å². The minimum absolute atomic E-state index is 0.118. The number of nitrogens with one attached hydrogen (secondary N) is 1. The van der Waals surface area contributed by atoms with E-state index in [0.29, 0.717) is 17.8 Å². The molecule has 106 valence electrons. The average molecular weight is 284 g/mol. The molecule has 19 heavy (non-hydrogen) atoms. The number of carbonyl (C=O) groups is 1. The Morgan fingerprint density at radius 2 is 2.00 bits per heavy atom. The standard InChI is InChI=1S/C13H20N2O3S/c1-9(2)7-15-13(16)8-19(17,18)12-6-4-5-11(14)10(12)3/h4-6,9H,7-8,14H2,1-3H3,(H,15,16). The van der Waals surface area contributed by atoms with Crippen LogP contribution in [-0.2, 0) is 14.6 Å². The summed E-state index contributed by atoms with van der Waals surface area (Å²) in [6.45, 7) is 5.98. The summed E-state index contributed by atoms with van der Waals surface area (Å²) in [4.78, 5) is 11.7. The van der Waals surface area contributed by atoms with Gasteiger partial charge >= 0.3 is 0 Å². The molecular weight excluding hydrogens is 264 g/mol. The Bertz CT molecular complexity index is 565. The molecule has 1 aromatic carbocycles. The summed E-state index contributed by atoms with van der Waals surface area (Å²) in [5, 5.41) is 2.59. The number of sulfone groups is 1. The lowest BCUT2D eigenvalue weighted by Crippen LogP contribution is -2.33. The number of hydrogen-bond acceptors (Lipinski definition) is 4. The molecule has 0 aromatic heterocycles. The van der Waals surface area contributed by atoms with Crippen LogP contribution in [0.25, 0.3) is 0 Å². The van der Waals surface area contributed by atoms with E-state index in [1.807, 2.05) is 13.8 Å². The van der Waals surface area contributed by atoms with E-state index in [1.165, 1.54) is 6.07 Å². The van der Waals surface area contributed by atoms with Crippen molar-refractivity contribution >= 4 is 21.4 Å². The van der Waals surface area contributed by atoms with Crippen LogP contribution in [0.2, 0.25) is 0 Å².